The minimum Gasteiger partial charge on any atom is -0.452 e. The zero-order valence-electron chi connectivity index (χ0n) is 15.4. The van der Waals surface area contributed by atoms with Gasteiger partial charge in [-0.15, -0.1) is 0 Å². The molecule has 4 nitrogen and oxygen atoms in total. The van der Waals surface area contributed by atoms with E-state index < -0.39 is 5.41 Å². The third-order valence-electron chi connectivity index (χ3n) is 4.02. The molecule has 0 atom stereocenters. The largest absolute Gasteiger partial charge is 0.452 e. The maximum atomic E-state index is 12.7. The molecule has 0 aliphatic carbocycles. The number of benzene rings is 2. The minimum atomic E-state index is -0.639. The highest BCUT2D eigenvalue weighted by atomic mass is 35.5. The Hall–Kier alpha value is -2.30. The van der Waals surface area contributed by atoms with Gasteiger partial charge in [-0.25, -0.2) is 0 Å². The molecule has 6 heteroatoms. The van der Waals surface area contributed by atoms with Crippen LogP contribution in [-0.4, -0.2) is 11.8 Å². The number of carbonyl (C=O) groups is 2. The van der Waals surface area contributed by atoms with Crippen LogP contribution in [0.4, 0.5) is 0 Å². The Bertz CT molecular complexity index is 984. The highest BCUT2D eigenvalue weighted by molar-refractivity contribution is 6.35. The van der Waals surface area contributed by atoms with E-state index in [1.54, 1.807) is 64.1 Å². The molecule has 0 N–H and O–H groups in total. The number of hydrogen-bond donors (Lipinski definition) is 0. The standard InChI is InChI=1S/C21H18Cl2O4/c1-11-7-14(26-20(25)21(2,3)4)10-16-18(11)19(24)17(27-16)8-12-5-6-13(22)9-15(12)23/h5-10H,1-4H3/b17-8-. The zero-order valence-corrected chi connectivity index (χ0v) is 16.9. The van der Waals surface area contributed by atoms with Crippen LogP contribution in [0.5, 0.6) is 11.5 Å². The number of Topliss-reactive ketones (excluding diaryl/α,β-unsaturated/α-hetero) is 1. The van der Waals surface area contributed by atoms with E-state index in [4.69, 9.17) is 32.7 Å². The Balaban J connectivity index is 1.94. The molecular weight excluding hydrogens is 387 g/mol. The summed E-state index contributed by atoms with van der Waals surface area (Å²) in [6.07, 6.45) is 1.57. The fourth-order valence-electron chi connectivity index (χ4n) is 2.56. The van der Waals surface area contributed by atoms with E-state index in [0.717, 1.165) is 0 Å². The van der Waals surface area contributed by atoms with E-state index in [-0.39, 0.29) is 17.5 Å². The predicted molar refractivity (Wildman–Crippen MR) is 106 cm³/mol. The normalized spacial score (nSPS) is 14.9. The van der Waals surface area contributed by atoms with Gasteiger partial charge in [-0.3, -0.25) is 9.59 Å². The molecule has 0 fully saturated rings. The van der Waals surface area contributed by atoms with Crippen molar-refractivity contribution in [3.63, 3.8) is 0 Å². The fraction of sp³-hybridized carbons (Fsp3) is 0.238. The number of allylic oxidation sites excluding steroid dienone is 1. The Morgan fingerprint density at radius 2 is 1.85 bits per heavy atom. The first kappa shape index (κ1) is 19.5. The van der Waals surface area contributed by atoms with Gasteiger partial charge < -0.3 is 9.47 Å². The highest BCUT2D eigenvalue weighted by Crippen LogP contribution is 2.38. The lowest BCUT2D eigenvalue weighted by molar-refractivity contribution is -0.143. The molecule has 0 amide bonds. The lowest BCUT2D eigenvalue weighted by Gasteiger charge is -2.16. The van der Waals surface area contributed by atoms with Gasteiger partial charge in [0.1, 0.15) is 11.5 Å². The van der Waals surface area contributed by atoms with E-state index in [2.05, 4.69) is 0 Å². The van der Waals surface area contributed by atoms with Crippen molar-refractivity contribution in [3.8, 4) is 11.5 Å². The fourth-order valence-corrected chi connectivity index (χ4v) is 3.02. The molecule has 27 heavy (non-hydrogen) atoms. The molecule has 0 spiro atoms. The number of halogens is 2. The number of ketones is 1. The van der Waals surface area contributed by atoms with Crippen LogP contribution in [0.2, 0.25) is 10.0 Å². The van der Waals surface area contributed by atoms with Gasteiger partial charge in [0.2, 0.25) is 5.78 Å². The number of fused-ring (bicyclic) bond motifs is 1. The summed E-state index contributed by atoms with van der Waals surface area (Å²) in [5.74, 6) is 0.228. The second-order valence-electron chi connectivity index (χ2n) is 7.36. The topological polar surface area (TPSA) is 52.6 Å². The number of aryl methyl sites for hydroxylation is 1. The average Bonchev–Trinajstić information content (AvgIpc) is 2.85. The summed E-state index contributed by atoms with van der Waals surface area (Å²) < 4.78 is 11.1. The van der Waals surface area contributed by atoms with E-state index in [1.165, 1.54) is 0 Å². The summed E-state index contributed by atoms with van der Waals surface area (Å²) in [5, 5.41) is 0.920. The van der Waals surface area contributed by atoms with Crippen molar-refractivity contribution < 1.29 is 19.1 Å². The Morgan fingerprint density at radius 1 is 1.15 bits per heavy atom. The van der Waals surface area contributed by atoms with Crippen LogP contribution in [-0.2, 0) is 4.79 Å². The van der Waals surface area contributed by atoms with Gasteiger partial charge >= 0.3 is 5.97 Å². The van der Waals surface area contributed by atoms with Crippen molar-refractivity contribution in [1.82, 2.24) is 0 Å². The summed E-state index contributed by atoms with van der Waals surface area (Å²) in [4.78, 5) is 24.8. The first-order valence-corrected chi connectivity index (χ1v) is 9.08. The van der Waals surface area contributed by atoms with E-state index in [9.17, 15) is 9.59 Å². The van der Waals surface area contributed by atoms with Gasteiger partial charge in [-0.2, -0.15) is 0 Å². The molecule has 2 aromatic rings. The van der Waals surface area contributed by atoms with Crippen molar-refractivity contribution >= 4 is 41.0 Å². The second kappa shape index (κ2) is 7.02. The lowest BCUT2D eigenvalue weighted by atomic mass is 9.97. The third-order valence-corrected chi connectivity index (χ3v) is 4.58. The molecule has 1 aliphatic rings. The van der Waals surface area contributed by atoms with Gasteiger partial charge in [0, 0.05) is 16.1 Å². The molecule has 1 aliphatic heterocycles. The summed E-state index contributed by atoms with van der Waals surface area (Å²) in [7, 11) is 0. The maximum Gasteiger partial charge on any atom is 0.316 e. The third kappa shape index (κ3) is 4.02. The molecular formula is C21H18Cl2O4. The molecule has 0 unspecified atom stereocenters. The van der Waals surface area contributed by atoms with Crippen LogP contribution in [0.15, 0.2) is 36.1 Å². The van der Waals surface area contributed by atoms with Crippen molar-refractivity contribution in [3.05, 3.63) is 62.8 Å². The van der Waals surface area contributed by atoms with Crippen molar-refractivity contribution in [2.24, 2.45) is 5.41 Å². The minimum absolute atomic E-state index is 0.150. The van der Waals surface area contributed by atoms with Gasteiger partial charge in [0.05, 0.1) is 11.0 Å². The van der Waals surface area contributed by atoms with Crippen LogP contribution in [0.3, 0.4) is 0 Å². The smallest absolute Gasteiger partial charge is 0.316 e. The predicted octanol–water partition coefficient (Wildman–Crippen LogP) is 5.87. The monoisotopic (exact) mass is 404 g/mol. The number of ether oxygens (including phenoxy) is 2. The number of esters is 1. The second-order valence-corrected chi connectivity index (χ2v) is 8.20. The first-order chi connectivity index (χ1) is 12.6. The maximum absolute atomic E-state index is 12.7. The Kier molecular flexibility index (Phi) is 5.06. The molecule has 0 saturated heterocycles. The molecule has 0 bridgehead atoms. The van der Waals surface area contributed by atoms with Crippen LogP contribution in [0.25, 0.3) is 6.08 Å². The number of rotatable bonds is 2. The van der Waals surface area contributed by atoms with Crippen molar-refractivity contribution in [2.45, 2.75) is 27.7 Å². The van der Waals surface area contributed by atoms with Gasteiger partial charge in [-0.1, -0.05) is 29.3 Å². The molecule has 0 radical (unpaired) electrons. The first-order valence-electron chi connectivity index (χ1n) is 8.32. The highest BCUT2D eigenvalue weighted by Gasteiger charge is 2.31. The van der Waals surface area contributed by atoms with Gasteiger partial charge in [-0.05, 0) is 63.1 Å². The molecule has 0 aromatic heterocycles. The van der Waals surface area contributed by atoms with Crippen LogP contribution in [0, 0.1) is 12.3 Å². The molecule has 0 saturated carbocycles. The van der Waals surface area contributed by atoms with Crippen molar-refractivity contribution in [1.29, 1.82) is 0 Å². The SMILES string of the molecule is Cc1cc(OC(=O)C(C)(C)C)cc2c1C(=O)/C(=C/c1ccc(Cl)cc1Cl)O2. The molecule has 3 rings (SSSR count). The van der Waals surface area contributed by atoms with Crippen LogP contribution < -0.4 is 9.47 Å². The average molecular weight is 405 g/mol. The quantitative estimate of drug-likeness (QED) is 0.356. The summed E-state index contributed by atoms with van der Waals surface area (Å²) in [5.41, 5.74) is 1.09. The van der Waals surface area contributed by atoms with E-state index in [0.29, 0.717) is 38.2 Å². The summed E-state index contributed by atoms with van der Waals surface area (Å²) in [6, 6.07) is 8.19. The lowest BCUT2D eigenvalue weighted by Crippen LogP contribution is -2.25. The molecule has 140 valence electrons. The van der Waals surface area contributed by atoms with Crippen molar-refractivity contribution in [2.75, 3.05) is 0 Å². The number of carbonyl (C=O) groups excluding carboxylic acids is 2. The van der Waals surface area contributed by atoms with Gasteiger partial charge in [0.15, 0.2) is 5.76 Å². The van der Waals surface area contributed by atoms with Crippen LogP contribution >= 0.6 is 23.2 Å². The van der Waals surface area contributed by atoms with Gasteiger partial charge in [0.25, 0.3) is 0 Å². The number of hydrogen-bond acceptors (Lipinski definition) is 4. The summed E-state index contributed by atoms with van der Waals surface area (Å²) >= 11 is 12.1. The molecule has 2 aromatic carbocycles. The summed E-state index contributed by atoms with van der Waals surface area (Å²) in [6.45, 7) is 7.08. The van der Waals surface area contributed by atoms with E-state index in [1.807, 2.05) is 0 Å². The molecule has 1 heterocycles. The van der Waals surface area contributed by atoms with Crippen LogP contribution in [0.1, 0.15) is 42.3 Å². The van der Waals surface area contributed by atoms with E-state index >= 15 is 0 Å². The Morgan fingerprint density at radius 3 is 2.48 bits per heavy atom. The zero-order chi connectivity index (χ0) is 19.9. The Labute approximate surface area is 167 Å².